The van der Waals surface area contributed by atoms with E-state index in [1.165, 1.54) is 12.3 Å². The van der Waals surface area contributed by atoms with Crippen molar-refractivity contribution >= 4 is 25.4 Å². The molecule has 2 aromatic rings. The minimum atomic E-state index is -2.06. The van der Waals surface area contributed by atoms with Gasteiger partial charge in [0.15, 0.2) is 8.32 Å². The summed E-state index contributed by atoms with van der Waals surface area (Å²) < 4.78 is 27.8. The lowest BCUT2D eigenvalue weighted by Crippen LogP contribution is -2.45. The second-order valence-electron chi connectivity index (χ2n) is 11.0. The zero-order valence-electron chi connectivity index (χ0n) is 21.3. The lowest BCUT2D eigenvalue weighted by atomic mass is 9.99. The minimum Gasteiger partial charge on any atom is -0.444 e. The fraction of sp³-hybridized carbons (Fsp3) is 0.667. The topological polar surface area (TPSA) is 65.4 Å². The minimum absolute atomic E-state index is 0.0814. The highest BCUT2D eigenvalue weighted by Crippen LogP contribution is 2.45. The first kappa shape index (κ1) is 26.3. The average Bonchev–Trinajstić information content (AvgIpc) is 3.00. The van der Waals surface area contributed by atoms with Crippen LogP contribution in [-0.2, 0) is 15.8 Å². The van der Waals surface area contributed by atoms with Crippen molar-refractivity contribution in [2.45, 2.75) is 91.8 Å². The number of nitrogens with zero attached hydrogens (tertiary/aromatic N) is 2. The Bertz CT molecular complexity index is 948. The van der Waals surface area contributed by atoms with Gasteiger partial charge in [0.25, 0.3) is 0 Å². The van der Waals surface area contributed by atoms with Crippen molar-refractivity contribution in [1.82, 2.24) is 14.9 Å². The molecule has 32 heavy (non-hydrogen) atoms. The first-order valence-electron chi connectivity index (χ1n) is 11.3. The molecule has 0 aliphatic carbocycles. The highest BCUT2D eigenvalue weighted by molar-refractivity contribution is 6.74. The number of rotatable bonds is 8. The molecule has 0 spiro atoms. The molecule has 2 aromatic heterocycles. The van der Waals surface area contributed by atoms with Crippen LogP contribution in [0.5, 0.6) is 0 Å². The number of ether oxygens (including phenoxy) is 1. The molecular formula is C24H40FN3O3Si. The van der Waals surface area contributed by atoms with E-state index in [0.717, 1.165) is 11.1 Å². The van der Waals surface area contributed by atoms with Crippen molar-refractivity contribution < 1.29 is 18.3 Å². The van der Waals surface area contributed by atoms with Gasteiger partial charge in [-0.15, -0.1) is 0 Å². The first-order valence-corrected chi connectivity index (χ1v) is 14.2. The lowest BCUT2D eigenvalue weighted by molar-refractivity contribution is 0.0521. The Morgan fingerprint density at radius 3 is 2.38 bits per heavy atom. The third kappa shape index (κ3) is 6.10. The second kappa shape index (κ2) is 9.51. The van der Waals surface area contributed by atoms with Crippen LogP contribution in [0.15, 0.2) is 18.3 Å². The summed E-state index contributed by atoms with van der Waals surface area (Å²) in [5.74, 6) is 0.111. The summed E-state index contributed by atoms with van der Waals surface area (Å²) in [6, 6.07) is 3.29. The highest BCUT2D eigenvalue weighted by atomic mass is 28.4. The van der Waals surface area contributed by atoms with Crippen LogP contribution in [0.4, 0.5) is 9.18 Å². The van der Waals surface area contributed by atoms with E-state index >= 15 is 0 Å². The van der Waals surface area contributed by atoms with Gasteiger partial charge in [-0.3, -0.25) is 0 Å². The maximum Gasteiger partial charge on any atom is 0.407 e. The quantitative estimate of drug-likeness (QED) is 0.457. The van der Waals surface area contributed by atoms with Crippen LogP contribution < -0.4 is 5.32 Å². The number of halogens is 1. The Labute approximate surface area is 193 Å². The number of alkyl carbamates (subject to hydrolysis) is 1. The first-order chi connectivity index (χ1) is 14.5. The van der Waals surface area contributed by atoms with Crippen LogP contribution in [0.1, 0.15) is 67.1 Å². The van der Waals surface area contributed by atoms with Crippen LogP contribution in [-0.4, -0.2) is 36.1 Å². The van der Waals surface area contributed by atoms with E-state index < -0.39 is 20.0 Å². The number of nitrogens with one attached hydrogen (secondary N) is 1. The van der Waals surface area contributed by atoms with Crippen LogP contribution in [0.3, 0.4) is 0 Å². The van der Waals surface area contributed by atoms with E-state index in [9.17, 15) is 9.18 Å². The van der Waals surface area contributed by atoms with Crippen molar-refractivity contribution in [3.05, 3.63) is 29.8 Å². The molecule has 180 valence electrons. The molecule has 0 saturated carbocycles. The molecule has 0 fully saturated rings. The van der Waals surface area contributed by atoms with E-state index in [0.29, 0.717) is 24.7 Å². The Morgan fingerprint density at radius 1 is 1.19 bits per heavy atom. The van der Waals surface area contributed by atoms with Crippen LogP contribution in [0.25, 0.3) is 11.0 Å². The molecule has 0 bridgehead atoms. The Hall–Kier alpha value is -1.93. The number of amides is 1. The molecular weight excluding hydrogens is 425 g/mol. The van der Waals surface area contributed by atoms with Crippen molar-refractivity contribution in [2.75, 3.05) is 6.54 Å². The summed E-state index contributed by atoms with van der Waals surface area (Å²) in [5, 5.41) is 3.63. The third-order valence-corrected chi connectivity index (χ3v) is 11.2. The Kier molecular flexibility index (Phi) is 7.82. The van der Waals surface area contributed by atoms with Gasteiger partial charge in [0.05, 0.1) is 18.8 Å². The average molecular weight is 466 g/mol. The van der Waals surface area contributed by atoms with Gasteiger partial charge in [0.2, 0.25) is 0 Å². The van der Waals surface area contributed by atoms with Crippen molar-refractivity contribution in [1.29, 1.82) is 0 Å². The molecule has 0 unspecified atom stereocenters. The van der Waals surface area contributed by atoms with E-state index in [1.54, 1.807) is 0 Å². The predicted molar refractivity (Wildman–Crippen MR) is 130 cm³/mol. The smallest absolute Gasteiger partial charge is 0.407 e. The van der Waals surface area contributed by atoms with E-state index in [2.05, 4.69) is 51.1 Å². The Morgan fingerprint density at radius 2 is 1.81 bits per heavy atom. The summed E-state index contributed by atoms with van der Waals surface area (Å²) in [5.41, 5.74) is 1.02. The van der Waals surface area contributed by atoms with Gasteiger partial charge in [-0.1, -0.05) is 27.7 Å². The van der Waals surface area contributed by atoms with Gasteiger partial charge < -0.3 is 19.0 Å². The van der Waals surface area contributed by atoms with Crippen molar-refractivity contribution in [2.24, 2.45) is 5.92 Å². The van der Waals surface area contributed by atoms with Crippen LogP contribution in [0, 0.1) is 11.7 Å². The summed E-state index contributed by atoms with van der Waals surface area (Å²) in [7, 11) is -2.06. The predicted octanol–water partition coefficient (Wildman–Crippen LogP) is 6.42. The summed E-state index contributed by atoms with van der Waals surface area (Å²) in [6.45, 7) is 21.7. The van der Waals surface area contributed by atoms with E-state index in [1.807, 2.05) is 38.3 Å². The lowest BCUT2D eigenvalue weighted by Gasteiger charge is -2.42. The molecule has 0 aliphatic heterocycles. The summed E-state index contributed by atoms with van der Waals surface area (Å²) >= 11 is 0. The number of carbonyl (C=O) groups is 1. The maximum absolute atomic E-state index is 13.8. The van der Waals surface area contributed by atoms with E-state index in [4.69, 9.17) is 9.16 Å². The zero-order valence-corrected chi connectivity index (χ0v) is 22.3. The van der Waals surface area contributed by atoms with Crippen molar-refractivity contribution in [3.63, 3.8) is 0 Å². The molecule has 0 saturated heterocycles. The number of aromatic nitrogens is 2. The number of hydrogen-bond donors (Lipinski definition) is 1. The van der Waals surface area contributed by atoms with Crippen LogP contribution in [0.2, 0.25) is 18.1 Å². The maximum atomic E-state index is 13.8. The molecule has 6 nitrogen and oxygen atoms in total. The van der Waals surface area contributed by atoms with Crippen LogP contribution >= 0.6 is 0 Å². The number of carbonyl (C=O) groups excluding carboxylic acids is 1. The normalized spacial score (nSPS) is 14.1. The molecule has 0 aromatic carbocycles. The molecule has 0 aliphatic rings. The molecule has 0 radical (unpaired) electrons. The molecule has 1 amide bonds. The molecule has 1 N–H and O–H groups in total. The molecule has 8 heteroatoms. The zero-order chi connectivity index (χ0) is 24.5. The molecule has 1 atom stereocenters. The highest BCUT2D eigenvalue weighted by Gasteiger charge is 2.43. The molecule has 2 rings (SSSR count). The number of pyridine rings is 1. The largest absolute Gasteiger partial charge is 0.444 e. The monoisotopic (exact) mass is 465 g/mol. The Balaban J connectivity index is 2.30. The third-order valence-electron chi connectivity index (χ3n) is 6.68. The van der Waals surface area contributed by atoms with Gasteiger partial charge in [0.1, 0.15) is 17.1 Å². The fourth-order valence-corrected chi connectivity index (χ4v) is 5.79. The van der Waals surface area contributed by atoms with Gasteiger partial charge in [-0.2, -0.15) is 0 Å². The second-order valence-corrected chi connectivity index (χ2v) is 15.6. The molecule has 2 heterocycles. The van der Waals surface area contributed by atoms with E-state index in [-0.39, 0.29) is 16.9 Å². The van der Waals surface area contributed by atoms with Crippen molar-refractivity contribution in [3.8, 4) is 0 Å². The van der Waals surface area contributed by atoms with Gasteiger partial charge in [-0.05, 0) is 63.9 Å². The summed E-state index contributed by atoms with van der Waals surface area (Å²) in [6.07, 6.45) is 0.753. The summed E-state index contributed by atoms with van der Waals surface area (Å²) in [4.78, 5) is 16.5. The fourth-order valence-electron chi connectivity index (χ4n) is 3.52. The standard InChI is InChI=1S/C24H40FN3O3Si/c1-16(2)24(7,8)32(9,10)30-15-20-12-18-11-19(25)14-26-21(18)28(20)17(3)13-27-22(29)31-23(4,5)6/h11-12,14,16-17H,13,15H2,1-10H3,(H,27,29)/t17-/m1/s1. The van der Waals surface area contributed by atoms with Gasteiger partial charge in [0, 0.05) is 17.6 Å². The van der Waals surface area contributed by atoms with Gasteiger partial charge >= 0.3 is 6.09 Å². The number of fused-ring (bicyclic) bond motifs is 1. The SMILES string of the molecule is CC(C)C(C)(C)[Si](C)(C)OCc1cc2cc(F)cnc2n1[C@H](C)CNC(=O)OC(C)(C)C. The number of hydrogen-bond acceptors (Lipinski definition) is 4. The van der Waals surface area contributed by atoms with Gasteiger partial charge in [-0.25, -0.2) is 14.2 Å².